The van der Waals surface area contributed by atoms with E-state index in [2.05, 4.69) is 40.7 Å². The van der Waals surface area contributed by atoms with Crippen LogP contribution in [0.2, 0.25) is 0 Å². The van der Waals surface area contributed by atoms with Gasteiger partial charge < -0.3 is 0 Å². The minimum absolute atomic E-state index is 0. The van der Waals surface area contributed by atoms with Crippen LogP contribution in [-0.2, 0) is 8.46 Å². The monoisotopic (exact) mass is 351 g/mol. The van der Waals surface area contributed by atoms with E-state index in [0.29, 0.717) is 0 Å². The fourth-order valence-corrected chi connectivity index (χ4v) is 0. The van der Waals surface area contributed by atoms with Gasteiger partial charge in [-0.15, -0.1) is 0 Å². The van der Waals surface area contributed by atoms with Gasteiger partial charge in [-0.3, -0.25) is 0 Å². The van der Waals surface area contributed by atoms with Crippen LogP contribution in [-0.4, -0.2) is 0 Å². The van der Waals surface area contributed by atoms with Gasteiger partial charge in [0.2, 0.25) is 0 Å². The van der Waals surface area contributed by atoms with Gasteiger partial charge in [0.05, 0.1) is 0 Å². The third-order valence-corrected chi connectivity index (χ3v) is 0. The van der Waals surface area contributed by atoms with Crippen molar-refractivity contribution in [3.63, 3.8) is 0 Å². The number of hydrogen-bond donors (Lipinski definition) is 0. The predicted octanol–water partition coefficient (Wildman–Crippen LogP) is 1.83. The van der Waals surface area contributed by atoms with Crippen molar-refractivity contribution in [3.05, 3.63) is 0 Å². The first kappa shape index (κ1) is 9.65. The van der Waals surface area contributed by atoms with Crippen molar-refractivity contribution in [1.29, 1.82) is 0 Å². The summed E-state index contributed by atoms with van der Waals surface area (Å²) < 4.78 is 0. The molecule has 4 heteroatoms. The van der Waals surface area contributed by atoms with Crippen molar-refractivity contribution in [2.45, 2.75) is 0 Å². The van der Waals surface area contributed by atoms with Gasteiger partial charge in [0.1, 0.15) is 0 Å². The first-order chi connectivity index (χ1) is 1.41. The van der Waals surface area contributed by atoms with E-state index in [1.54, 1.807) is 8.46 Å². The van der Waals surface area contributed by atoms with E-state index in [0.717, 1.165) is 0 Å². The molecule has 0 aromatic carbocycles. The Balaban J connectivity index is 0. The van der Waals surface area contributed by atoms with Crippen LogP contribution in [0.5, 0.6) is 0 Å². The summed E-state index contributed by atoms with van der Waals surface area (Å²) in [6, 6.07) is 0. The van der Waals surface area contributed by atoms with Crippen molar-refractivity contribution in [2.75, 3.05) is 0 Å². The summed E-state index contributed by atoms with van der Waals surface area (Å²) in [6.07, 6.45) is 0. The molecule has 0 aliphatic heterocycles. The molecule has 0 spiro atoms. The van der Waals surface area contributed by atoms with Crippen LogP contribution in [0, 0.1) is 0 Å². The van der Waals surface area contributed by atoms with Gasteiger partial charge in [-0.25, -0.2) is 0 Å². The van der Waals surface area contributed by atoms with Crippen LogP contribution in [0.15, 0.2) is 0 Å². The fourth-order valence-electron chi connectivity index (χ4n) is 0. The Hall–Kier alpha value is 2.41. The molecule has 0 aliphatic carbocycles. The van der Waals surface area contributed by atoms with Gasteiger partial charge >= 0.3 is 49.1 Å². The van der Waals surface area contributed by atoms with E-state index in [9.17, 15) is 0 Å². The summed E-state index contributed by atoms with van der Waals surface area (Å²) in [5, 5.41) is 0. The van der Waals surface area contributed by atoms with Crippen LogP contribution in [0.3, 0.4) is 0 Å². The molecule has 0 saturated heterocycles. The second kappa shape index (κ2) is 9.05. The SMILES string of the molecule is P.[I][Cu][I]. The fraction of sp³-hybridized carbons (Fsp3) is 0. The maximum atomic E-state index is 2.18. The zero-order chi connectivity index (χ0) is 2.71. The Morgan fingerprint density at radius 3 is 1.25 bits per heavy atom. The second-order valence-electron chi connectivity index (χ2n) is 0.0431. The van der Waals surface area contributed by atoms with E-state index in [4.69, 9.17) is 0 Å². The summed E-state index contributed by atoms with van der Waals surface area (Å²) in [5.41, 5.74) is 0. The standard InChI is InChI=1S/Cu.2HI.H3P/h;2*1H;1H3/q+2;;;/p-2. The molecular weight excluding hydrogens is 348 g/mol. The van der Waals surface area contributed by atoms with Gasteiger partial charge in [-0.05, 0) is 0 Å². The first-order valence-corrected chi connectivity index (χ1v) is 6.30. The molecule has 1 unspecified atom stereocenters. The summed E-state index contributed by atoms with van der Waals surface area (Å²) in [7, 11) is 1.75. The molecule has 4 heavy (non-hydrogen) atoms. The second-order valence-corrected chi connectivity index (χ2v) is 7.99. The molecule has 0 bridgehead atoms. The number of halogens is 2. The summed E-state index contributed by atoms with van der Waals surface area (Å²) in [4.78, 5) is 0. The zero-order valence-corrected chi connectivity index (χ0v) is 8.44. The molecule has 0 nitrogen and oxygen atoms in total. The molecule has 0 radical (unpaired) electrons. The van der Waals surface area contributed by atoms with E-state index < -0.39 is 0 Å². The van der Waals surface area contributed by atoms with E-state index >= 15 is 0 Å². The van der Waals surface area contributed by atoms with Gasteiger partial charge in [0, 0.05) is 0 Å². The molecule has 0 aromatic rings. The van der Waals surface area contributed by atoms with Gasteiger partial charge in [-0.1, -0.05) is 0 Å². The minimum atomic E-state index is 0. The molecule has 0 amide bonds. The van der Waals surface area contributed by atoms with Gasteiger partial charge in [-0.2, -0.15) is 9.90 Å². The molecule has 0 rings (SSSR count). The van der Waals surface area contributed by atoms with E-state index in [1.165, 1.54) is 0 Å². The molecule has 33 valence electrons. The van der Waals surface area contributed by atoms with Crippen LogP contribution < -0.4 is 0 Å². The van der Waals surface area contributed by atoms with Gasteiger partial charge in [0.15, 0.2) is 0 Å². The van der Waals surface area contributed by atoms with Crippen LogP contribution in [0.25, 0.3) is 0 Å². The topological polar surface area (TPSA) is 0 Å². The Labute approximate surface area is 58.1 Å². The predicted molar refractivity (Wildman–Crippen MR) is 39.1 cm³/mol. The van der Waals surface area contributed by atoms with Crippen molar-refractivity contribution in [1.82, 2.24) is 0 Å². The average molecular weight is 351 g/mol. The van der Waals surface area contributed by atoms with Crippen molar-refractivity contribution in [3.8, 4) is 0 Å². The quantitative estimate of drug-likeness (QED) is 0.355. The Morgan fingerprint density at radius 2 is 1.25 bits per heavy atom. The maximum absolute atomic E-state index is 2.18. The summed E-state index contributed by atoms with van der Waals surface area (Å²) in [6.45, 7) is 0. The van der Waals surface area contributed by atoms with Crippen molar-refractivity contribution in [2.24, 2.45) is 0 Å². The first-order valence-electron chi connectivity index (χ1n) is 0.228. The third-order valence-electron chi connectivity index (χ3n) is 0. The normalized spacial score (nSPS) is 5.50. The zero-order valence-electron chi connectivity index (χ0n) is 1.76. The average Bonchev–Trinajstić information content (AvgIpc) is 0.918. The molecular formula is H3CuI2P. The van der Waals surface area contributed by atoms with Crippen LogP contribution in [0.4, 0.5) is 0 Å². The molecule has 0 heterocycles. The molecule has 0 aliphatic rings. The molecule has 0 aromatic heterocycles. The summed E-state index contributed by atoms with van der Waals surface area (Å²) >= 11 is 4.36. The van der Waals surface area contributed by atoms with E-state index in [1.807, 2.05) is 0 Å². The number of rotatable bonds is 0. The molecule has 0 N–H and O–H groups in total. The Bertz CT molecular complexity index is 6.00. The summed E-state index contributed by atoms with van der Waals surface area (Å²) in [5.74, 6) is 0. The molecule has 0 fully saturated rings. The van der Waals surface area contributed by atoms with Crippen LogP contribution in [0.1, 0.15) is 0 Å². The third kappa shape index (κ3) is 8.83. The Morgan fingerprint density at radius 1 is 1.25 bits per heavy atom. The van der Waals surface area contributed by atoms with Crippen LogP contribution >= 0.6 is 50.6 Å². The van der Waals surface area contributed by atoms with Crippen molar-refractivity contribution >= 4 is 50.6 Å². The van der Waals surface area contributed by atoms with Crippen molar-refractivity contribution < 1.29 is 8.46 Å². The Kier molecular flexibility index (Phi) is 21.8. The molecule has 0 saturated carbocycles. The van der Waals surface area contributed by atoms with Gasteiger partial charge in [0.25, 0.3) is 0 Å². The molecule has 1 atom stereocenters. The van der Waals surface area contributed by atoms with E-state index in [-0.39, 0.29) is 9.90 Å². The number of hydrogen-bond acceptors (Lipinski definition) is 0.